The van der Waals surface area contributed by atoms with Crippen molar-refractivity contribution in [3.05, 3.63) is 58.8 Å². The molecule has 3 heterocycles. The van der Waals surface area contributed by atoms with Gasteiger partial charge >= 0.3 is 6.18 Å². The van der Waals surface area contributed by atoms with E-state index in [0.717, 1.165) is 11.8 Å². The highest BCUT2D eigenvalue weighted by Crippen LogP contribution is 2.31. The molecule has 1 atom stereocenters. The van der Waals surface area contributed by atoms with Crippen molar-refractivity contribution in [1.82, 2.24) is 28.7 Å². The first-order valence-corrected chi connectivity index (χ1v) is 9.30. The van der Waals surface area contributed by atoms with E-state index in [4.69, 9.17) is 17.0 Å². The first kappa shape index (κ1) is 20.1. The van der Waals surface area contributed by atoms with Crippen LogP contribution in [0.3, 0.4) is 0 Å². The number of hydrogen-bond donors (Lipinski definition) is 1. The molecule has 0 aliphatic heterocycles. The van der Waals surface area contributed by atoms with E-state index >= 15 is 0 Å². The fourth-order valence-electron chi connectivity index (χ4n) is 3.43. The first-order chi connectivity index (χ1) is 14.1. The smallest absolute Gasteiger partial charge is 0.333 e. The Kier molecular flexibility index (Phi) is 4.69. The molecule has 4 rings (SSSR count). The van der Waals surface area contributed by atoms with E-state index in [1.807, 2.05) is 6.92 Å². The lowest BCUT2D eigenvalue weighted by molar-refractivity contribution is -0.140. The van der Waals surface area contributed by atoms with Crippen LogP contribution >= 0.6 is 11.6 Å². The van der Waals surface area contributed by atoms with Crippen LogP contribution < -0.4 is 5.62 Å². The van der Waals surface area contributed by atoms with Crippen LogP contribution in [0.25, 0.3) is 22.6 Å². The monoisotopic (exact) mass is 435 g/mol. The molecule has 0 spiro atoms. The highest BCUT2D eigenvalue weighted by molar-refractivity contribution is 6.28. The van der Waals surface area contributed by atoms with Gasteiger partial charge in [0.25, 0.3) is 0 Å². The number of benzene rings is 1. The maximum absolute atomic E-state index is 12.9. The summed E-state index contributed by atoms with van der Waals surface area (Å²) in [5.74, 6) is 0.222. The van der Waals surface area contributed by atoms with Gasteiger partial charge < -0.3 is 9.13 Å². The van der Waals surface area contributed by atoms with Crippen LogP contribution in [-0.2, 0) is 20.3 Å². The van der Waals surface area contributed by atoms with Gasteiger partial charge in [-0.15, -0.1) is 0 Å². The van der Waals surface area contributed by atoms with Gasteiger partial charge in [0.15, 0.2) is 11.3 Å². The van der Waals surface area contributed by atoms with Crippen LogP contribution in [0.2, 0.25) is 5.28 Å². The van der Waals surface area contributed by atoms with Gasteiger partial charge in [-0.3, -0.25) is 9.98 Å². The summed E-state index contributed by atoms with van der Waals surface area (Å²) in [6.07, 6.45) is -1.97. The number of hydrogen-bond acceptors (Lipinski definition) is 4. The average Bonchev–Trinajstić information content (AvgIpc) is 3.20. The number of aryl methyl sites for hydroxylation is 2. The van der Waals surface area contributed by atoms with E-state index in [1.165, 1.54) is 11.6 Å². The quantitative estimate of drug-likeness (QED) is 0.495. The van der Waals surface area contributed by atoms with Crippen molar-refractivity contribution in [3.63, 3.8) is 0 Å². The topological polar surface area (TPSA) is 77.3 Å². The minimum absolute atomic E-state index is 0.0830. The number of nitrogens with zero attached hydrogens (tertiary/aromatic N) is 6. The highest BCUT2D eigenvalue weighted by atomic mass is 35.5. The molecule has 0 saturated carbocycles. The third-order valence-corrected chi connectivity index (χ3v) is 5.24. The summed E-state index contributed by atoms with van der Waals surface area (Å²) in [4.78, 5) is 12.0. The van der Waals surface area contributed by atoms with Gasteiger partial charge in [0, 0.05) is 25.9 Å². The van der Waals surface area contributed by atoms with Crippen LogP contribution in [-0.4, -0.2) is 28.7 Å². The van der Waals surface area contributed by atoms with Crippen molar-refractivity contribution in [2.24, 2.45) is 14.1 Å². The molecule has 0 fully saturated rings. The fourth-order valence-corrected chi connectivity index (χ4v) is 3.56. The second-order valence-corrected chi connectivity index (χ2v) is 7.29. The second kappa shape index (κ2) is 6.98. The minimum atomic E-state index is -4.50. The predicted molar refractivity (Wildman–Crippen MR) is 105 cm³/mol. The molecule has 0 saturated heterocycles. The zero-order valence-corrected chi connectivity index (χ0v) is 17.0. The minimum Gasteiger partial charge on any atom is -0.333 e. The molecule has 0 aliphatic rings. The molecule has 3 aromatic heterocycles. The Morgan fingerprint density at radius 3 is 2.37 bits per heavy atom. The SMILES string of the molecule is CC(c1ccc(-c2nc(C(F)(F)F)cn2C)cc1)n1c(=N)n(C)c2cnc(Cl)nc21. The zero-order valence-electron chi connectivity index (χ0n) is 16.2. The second-order valence-electron chi connectivity index (χ2n) is 6.96. The molecule has 0 radical (unpaired) electrons. The van der Waals surface area contributed by atoms with Crippen molar-refractivity contribution >= 4 is 22.8 Å². The predicted octanol–water partition coefficient (Wildman–Crippen LogP) is 3.93. The summed E-state index contributed by atoms with van der Waals surface area (Å²) in [5.41, 5.74) is 1.89. The molecule has 7 nitrogen and oxygen atoms in total. The molecule has 1 N–H and O–H groups in total. The number of fused-ring (bicyclic) bond motifs is 1. The summed E-state index contributed by atoms with van der Waals surface area (Å²) < 4.78 is 43.5. The Bertz CT molecular complexity index is 1300. The largest absolute Gasteiger partial charge is 0.434 e. The maximum Gasteiger partial charge on any atom is 0.434 e. The molecule has 30 heavy (non-hydrogen) atoms. The lowest BCUT2D eigenvalue weighted by Gasteiger charge is -2.15. The van der Waals surface area contributed by atoms with E-state index in [-0.39, 0.29) is 22.8 Å². The van der Waals surface area contributed by atoms with E-state index < -0.39 is 11.9 Å². The number of aromatic nitrogens is 6. The molecule has 4 aromatic rings. The maximum atomic E-state index is 12.9. The van der Waals surface area contributed by atoms with Gasteiger partial charge in [-0.2, -0.15) is 18.2 Å². The van der Waals surface area contributed by atoms with Crippen LogP contribution in [0, 0.1) is 5.41 Å². The van der Waals surface area contributed by atoms with Gasteiger partial charge in [-0.25, -0.2) is 9.97 Å². The van der Waals surface area contributed by atoms with E-state index in [1.54, 1.807) is 46.6 Å². The number of imidazole rings is 2. The number of halogens is 4. The standard InChI is InChI=1S/C19H17ClF3N7/c1-10(30-16-13(29(3)18(30)24)8-25-17(20)27-16)11-4-6-12(7-5-11)15-26-14(9-28(15)2)19(21,22)23/h4-10,24H,1-3H3. The fraction of sp³-hybridized carbons (Fsp3) is 0.263. The normalized spacial score (nSPS) is 13.2. The van der Waals surface area contributed by atoms with Crippen LogP contribution in [0.5, 0.6) is 0 Å². The Hall–Kier alpha value is -3.14. The molecule has 0 amide bonds. The third-order valence-electron chi connectivity index (χ3n) is 5.06. The van der Waals surface area contributed by atoms with E-state index in [0.29, 0.717) is 16.7 Å². The van der Waals surface area contributed by atoms with Crippen LogP contribution in [0.15, 0.2) is 36.7 Å². The molecular weight excluding hydrogens is 419 g/mol. The summed E-state index contributed by atoms with van der Waals surface area (Å²) in [6, 6.07) is 6.76. The van der Waals surface area contributed by atoms with Gasteiger partial charge in [0.1, 0.15) is 11.3 Å². The van der Waals surface area contributed by atoms with Crippen molar-refractivity contribution < 1.29 is 13.2 Å². The molecule has 156 valence electrons. The Morgan fingerprint density at radius 1 is 1.10 bits per heavy atom. The lowest BCUT2D eigenvalue weighted by Crippen LogP contribution is -2.25. The molecule has 1 unspecified atom stereocenters. The Morgan fingerprint density at radius 2 is 1.77 bits per heavy atom. The molecule has 1 aromatic carbocycles. The lowest BCUT2D eigenvalue weighted by atomic mass is 10.1. The van der Waals surface area contributed by atoms with Crippen molar-refractivity contribution in [2.45, 2.75) is 19.1 Å². The summed E-state index contributed by atoms with van der Waals surface area (Å²) in [6.45, 7) is 1.91. The van der Waals surface area contributed by atoms with Crippen LogP contribution in [0.4, 0.5) is 13.2 Å². The summed E-state index contributed by atoms with van der Waals surface area (Å²) in [5, 5.41) is 8.52. The summed E-state index contributed by atoms with van der Waals surface area (Å²) >= 11 is 5.95. The summed E-state index contributed by atoms with van der Waals surface area (Å²) in [7, 11) is 3.27. The molecule has 0 aliphatic carbocycles. The van der Waals surface area contributed by atoms with Gasteiger partial charge in [0.05, 0.1) is 12.2 Å². The average molecular weight is 436 g/mol. The van der Waals surface area contributed by atoms with Crippen molar-refractivity contribution in [2.75, 3.05) is 0 Å². The number of rotatable bonds is 3. The third kappa shape index (κ3) is 3.26. The van der Waals surface area contributed by atoms with Gasteiger partial charge in [0.2, 0.25) is 10.9 Å². The molecule has 11 heteroatoms. The molecule has 0 bridgehead atoms. The zero-order chi connectivity index (χ0) is 21.8. The van der Waals surface area contributed by atoms with E-state index in [9.17, 15) is 13.2 Å². The molecular formula is C19H17ClF3N7. The van der Waals surface area contributed by atoms with Gasteiger partial charge in [-0.05, 0) is 24.1 Å². The Labute approximate surface area is 173 Å². The van der Waals surface area contributed by atoms with Crippen molar-refractivity contribution in [1.29, 1.82) is 5.41 Å². The van der Waals surface area contributed by atoms with E-state index in [2.05, 4.69) is 15.0 Å². The number of alkyl halides is 3. The first-order valence-electron chi connectivity index (χ1n) is 8.93. The van der Waals surface area contributed by atoms with Crippen LogP contribution in [0.1, 0.15) is 24.2 Å². The number of nitrogens with one attached hydrogen (secondary N) is 1. The van der Waals surface area contributed by atoms with Gasteiger partial charge in [-0.1, -0.05) is 24.3 Å². The highest BCUT2D eigenvalue weighted by Gasteiger charge is 2.34. The van der Waals surface area contributed by atoms with Crippen molar-refractivity contribution in [3.8, 4) is 11.4 Å². The Balaban J connectivity index is 1.73.